The van der Waals surface area contributed by atoms with Crippen LogP contribution in [-0.4, -0.2) is 67.5 Å². The van der Waals surface area contributed by atoms with E-state index in [-0.39, 0.29) is 24.9 Å². The van der Waals surface area contributed by atoms with Crippen LogP contribution in [0, 0.1) is 0 Å². The lowest BCUT2D eigenvalue weighted by Crippen LogP contribution is -2.34. The summed E-state index contributed by atoms with van der Waals surface area (Å²) < 4.78 is 19.0. The fourth-order valence-corrected chi connectivity index (χ4v) is 3.92. The van der Waals surface area contributed by atoms with E-state index < -0.39 is 6.10 Å². The van der Waals surface area contributed by atoms with Crippen molar-refractivity contribution >= 4 is 28.6 Å². The van der Waals surface area contributed by atoms with Crippen LogP contribution in [0.2, 0.25) is 5.02 Å². The zero-order chi connectivity index (χ0) is 20.8. The molecule has 160 valence electrons. The molecule has 0 aromatic carbocycles. The average Bonchev–Trinajstić information content (AvgIpc) is 3.47. The summed E-state index contributed by atoms with van der Waals surface area (Å²) in [6.45, 7) is 5.22. The third-order valence-corrected chi connectivity index (χ3v) is 5.57. The van der Waals surface area contributed by atoms with E-state index in [1.165, 1.54) is 0 Å². The highest BCUT2D eigenvalue weighted by molar-refractivity contribution is 6.33. The number of hydrogen-bond acceptors (Lipinski definition) is 8. The molecule has 0 radical (unpaired) electrons. The quantitative estimate of drug-likeness (QED) is 0.538. The van der Waals surface area contributed by atoms with Gasteiger partial charge in [-0.15, -0.1) is 0 Å². The van der Waals surface area contributed by atoms with Crippen molar-refractivity contribution in [3.05, 3.63) is 29.0 Å². The lowest BCUT2D eigenvalue weighted by Gasteiger charge is -2.15. The maximum atomic E-state index is 9.85. The fourth-order valence-electron chi connectivity index (χ4n) is 3.70. The van der Waals surface area contributed by atoms with Gasteiger partial charge < -0.3 is 29.6 Å². The molecule has 0 amide bonds. The van der Waals surface area contributed by atoms with Gasteiger partial charge in [-0.1, -0.05) is 11.6 Å². The first kappa shape index (κ1) is 19.6. The Balaban J connectivity index is 1.29. The topological polar surface area (TPSA) is 119 Å². The minimum absolute atomic E-state index is 0.247. The number of halogens is 1. The molecule has 3 N–H and O–H groups in total. The molecule has 10 nitrogen and oxygen atoms in total. The molecule has 11 heteroatoms. The molecule has 3 aromatic heterocycles. The van der Waals surface area contributed by atoms with Crippen molar-refractivity contribution < 1.29 is 19.3 Å². The van der Waals surface area contributed by atoms with Crippen molar-refractivity contribution in [3.63, 3.8) is 0 Å². The van der Waals surface area contributed by atoms with Crippen LogP contribution in [-0.2, 0) is 16.0 Å². The summed E-state index contributed by atoms with van der Waals surface area (Å²) >= 11 is 6.39. The first-order chi connectivity index (χ1) is 14.5. The Hall–Kier alpha value is -2.40. The Bertz CT molecular complexity index is 1050. The normalized spacial score (nSPS) is 25.9. The highest BCUT2D eigenvalue weighted by Crippen LogP contribution is 2.30. The van der Waals surface area contributed by atoms with Crippen LogP contribution in [0.4, 0.5) is 5.82 Å². The number of hydrogen-bond donors (Lipinski definition) is 3. The van der Waals surface area contributed by atoms with E-state index in [1.54, 1.807) is 6.07 Å². The molecule has 0 saturated carbocycles. The van der Waals surface area contributed by atoms with Crippen LogP contribution >= 0.6 is 11.6 Å². The number of fused-ring (bicyclic) bond motifs is 2. The first-order valence-electron chi connectivity index (χ1n) is 9.90. The lowest BCUT2D eigenvalue weighted by molar-refractivity contribution is 0.00706. The number of aliphatic hydroxyl groups is 1. The number of nitrogens with one attached hydrogen (secondary N) is 2. The van der Waals surface area contributed by atoms with Crippen molar-refractivity contribution in [3.8, 4) is 6.01 Å². The molecular formula is C19H23ClN6O4. The maximum Gasteiger partial charge on any atom is 0.296 e. The maximum absolute atomic E-state index is 9.85. The highest BCUT2D eigenvalue weighted by Gasteiger charge is 2.48. The van der Waals surface area contributed by atoms with Crippen LogP contribution in [0.1, 0.15) is 25.6 Å². The summed E-state index contributed by atoms with van der Waals surface area (Å²) in [5, 5.41) is 18.0. The van der Waals surface area contributed by atoms with Crippen LogP contribution < -0.4 is 10.1 Å². The Labute approximate surface area is 177 Å². The van der Waals surface area contributed by atoms with Crippen LogP contribution in [0.25, 0.3) is 11.2 Å². The van der Waals surface area contributed by atoms with E-state index in [9.17, 15) is 5.11 Å². The largest absolute Gasteiger partial charge is 0.456 e. The van der Waals surface area contributed by atoms with Crippen molar-refractivity contribution in [2.24, 2.45) is 0 Å². The average molecular weight is 435 g/mol. The van der Waals surface area contributed by atoms with E-state index in [1.807, 2.05) is 16.9 Å². The summed E-state index contributed by atoms with van der Waals surface area (Å²) in [4.78, 5) is 12.0. The second-order valence-electron chi connectivity index (χ2n) is 7.79. The highest BCUT2D eigenvalue weighted by atomic mass is 35.5. The van der Waals surface area contributed by atoms with Crippen molar-refractivity contribution in [1.29, 1.82) is 0 Å². The van der Waals surface area contributed by atoms with Crippen molar-refractivity contribution in [2.75, 3.05) is 18.5 Å². The molecule has 2 aliphatic rings. The summed E-state index contributed by atoms with van der Waals surface area (Å²) in [7, 11) is 0. The molecule has 5 heterocycles. The zero-order valence-electron chi connectivity index (χ0n) is 16.6. The van der Waals surface area contributed by atoms with Gasteiger partial charge in [-0.2, -0.15) is 10.1 Å². The molecule has 3 aromatic rings. The monoisotopic (exact) mass is 434 g/mol. The van der Waals surface area contributed by atoms with Gasteiger partial charge in [0.2, 0.25) is 0 Å². The van der Waals surface area contributed by atoms with Gasteiger partial charge in [0, 0.05) is 12.2 Å². The number of H-pyrrole nitrogens is 1. The van der Waals surface area contributed by atoms with Crippen molar-refractivity contribution in [1.82, 2.24) is 24.7 Å². The van der Waals surface area contributed by atoms with Crippen LogP contribution in [0.15, 0.2) is 18.3 Å². The smallest absolute Gasteiger partial charge is 0.296 e. The number of aromatic nitrogens is 5. The second kappa shape index (κ2) is 7.69. The van der Waals surface area contributed by atoms with E-state index >= 15 is 0 Å². The Kier molecular flexibility index (Phi) is 5.02. The Morgan fingerprint density at radius 3 is 2.97 bits per heavy atom. The number of nitrogens with zero attached hydrogens (tertiary/aromatic N) is 4. The van der Waals surface area contributed by atoms with Gasteiger partial charge in [0.25, 0.3) is 6.01 Å². The number of pyridine rings is 1. The number of rotatable bonds is 6. The summed E-state index contributed by atoms with van der Waals surface area (Å²) in [5.74, 6) is 0.521. The van der Waals surface area contributed by atoms with Crippen LogP contribution in [0.3, 0.4) is 0 Å². The second-order valence-corrected chi connectivity index (χ2v) is 8.19. The van der Waals surface area contributed by atoms with E-state index in [0.717, 1.165) is 5.69 Å². The van der Waals surface area contributed by atoms with Gasteiger partial charge in [-0.3, -0.25) is 4.68 Å². The van der Waals surface area contributed by atoms with Gasteiger partial charge in [-0.05, 0) is 26.0 Å². The SMILES string of the molecule is CC(C)n1ccc(CNc2nc3nc(O[C@@H]4COC5C4OC[C@H]5O)[nH]c3cc2Cl)n1. The zero-order valence-corrected chi connectivity index (χ0v) is 17.3. The molecule has 0 bridgehead atoms. The third-order valence-electron chi connectivity index (χ3n) is 5.28. The number of imidazole rings is 1. The number of aliphatic hydroxyl groups excluding tert-OH is 1. The number of aromatic amines is 1. The molecule has 4 atom stereocenters. The predicted molar refractivity (Wildman–Crippen MR) is 109 cm³/mol. The van der Waals surface area contributed by atoms with E-state index in [0.29, 0.717) is 47.2 Å². The summed E-state index contributed by atoms with van der Waals surface area (Å²) in [5.41, 5.74) is 2.03. The van der Waals surface area contributed by atoms with Gasteiger partial charge >= 0.3 is 0 Å². The molecule has 2 saturated heterocycles. The Morgan fingerprint density at radius 1 is 1.33 bits per heavy atom. The fraction of sp³-hybridized carbons (Fsp3) is 0.526. The molecular weight excluding hydrogens is 412 g/mol. The molecule has 2 fully saturated rings. The van der Waals surface area contributed by atoms with E-state index in [4.69, 9.17) is 25.8 Å². The van der Waals surface area contributed by atoms with E-state index in [2.05, 4.69) is 39.2 Å². The minimum Gasteiger partial charge on any atom is -0.456 e. The predicted octanol–water partition coefficient (Wildman–Crippen LogP) is 1.91. The van der Waals surface area contributed by atoms with Gasteiger partial charge in [0.1, 0.15) is 24.1 Å². The molecule has 2 unspecified atom stereocenters. The molecule has 5 rings (SSSR count). The van der Waals surface area contributed by atoms with Crippen LogP contribution in [0.5, 0.6) is 6.01 Å². The molecule has 0 aliphatic carbocycles. The summed E-state index contributed by atoms with van der Waals surface area (Å²) in [6.07, 6.45) is 0.299. The van der Waals surface area contributed by atoms with Gasteiger partial charge in [-0.25, -0.2) is 4.98 Å². The summed E-state index contributed by atoms with van der Waals surface area (Å²) in [6, 6.07) is 4.32. The number of ether oxygens (including phenoxy) is 3. The Morgan fingerprint density at radius 2 is 2.17 bits per heavy atom. The molecule has 0 spiro atoms. The van der Waals surface area contributed by atoms with Crippen molar-refractivity contribution in [2.45, 2.75) is 50.8 Å². The standard InChI is InChI=1S/C19H23ClN6O4/c1-9(2)26-4-3-10(25-26)6-21-17-11(20)5-12-18(23-17)24-19(22-12)30-14-8-29-15-13(27)7-28-16(14)15/h3-5,9,13-16,27H,6-8H2,1-2H3,(H2,21,22,23,24)/t13-,14-,15?,16?/m1/s1. The third kappa shape index (κ3) is 3.60. The number of anilines is 1. The minimum atomic E-state index is -0.625. The lowest BCUT2D eigenvalue weighted by atomic mass is 10.1. The van der Waals surface area contributed by atoms with Gasteiger partial charge in [0.05, 0.1) is 36.0 Å². The first-order valence-corrected chi connectivity index (χ1v) is 10.3. The van der Waals surface area contributed by atoms with Gasteiger partial charge in [0.15, 0.2) is 11.8 Å². The molecule has 30 heavy (non-hydrogen) atoms. The molecule has 2 aliphatic heterocycles.